The van der Waals surface area contributed by atoms with Crippen LogP contribution in [0.15, 0.2) is 23.2 Å². The maximum Gasteiger partial charge on any atom is 0.179 e. The molecule has 0 aliphatic carbocycles. The summed E-state index contributed by atoms with van der Waals surface area (Å²) in [4.78, 5) is 6.49. The molecule has 1 aliphatic rings. The van der Waals surface area contributed by atoms with Crippen molar-refractivity contribution in [2.45, 2.75) is 31.0 Å². The molecule has 0 aromatic carbocycles. The molecule has 2 atom stereocenters. The van der Waals surface area contributed by atoms with Crippen molar-refractivity contribution in [1.29, 1.82) is 0 Å². The van der Waals surface area contributed by atoms with Crippen molar-refractivity contribution in [3.63, 3.8) is 0 Å². The van der Waals surface area contributed by atoms with Crippen LogP contribution in [0.25, 0.3) is 0 Å². The highest BCUT2D eigenvalue weighted by molar-refractivity contribution is 7.90. The van der Waals surface area contributed by atoms with Crippen LogP contribution >= 0.6 is 0 Å². The summed E-state index contributed by atoms with van der Waals surface area (Å²) in [7, 11) is -3.26. The lowest BCUT2D eigenvalue weighted by Crippen LogP contribution is -2.46. The largest absolute Gasteiger partial charge is 0.372 e. The van der Waals surface area contributed by atoms with Gasteiger partial charge >= 0.3 is 0 Å². The number of nitrogens with zero attached hydrogens (tertiary/aromatic N) is 2. The fraction of sp³-hybridized carbons (Fsp3) is 0.583. The number of hydrogen-bond donors (Lipinski definition) is 0. The molecule has 100 valence electrons. The van der Waals surface area contributed by atoms with Gasteiger partial charge in [0.15, 0.2) is 9.84 Å². The van der Waals surface area contributed by atoms with E-state index in [0.717, 1.165) is 0 Å². The third-order valence-corrected chi connectivity index (χ3v) is 3.99. The highest BCUT2D eigenvalue weighted by Crippen LogP contribution is 2.25. The van der Waals surface area contributed by atoms with Gasteiger partial charge in [0.25, 0.3) is 0 Å². The molecule has 2 rings (SSSR count). The van der Waals surface area contributed by atoms with Crippen molar-refractivity contribution in [3.8, 4) is 0 Å². The van der Waals surface area contributed by atoms with Gasteiger partial charge in [0.1, 0.15) is 10.7 Å². The van der Waals surface area contributed by atoms with Crippen molar-refractivity contribution >= 4 is 15.7 Å². The van der Waals surface area contributed by atoms with Crippen molar-refractivity contribution in [1.82, 2.24) is 4.98 Å². The minimum absolute atomic E-state index is 0.0724. The van der Waals surface area contributed by atoms with Crippen LogP contribution in [0.1, 0.15) is 13.8 Å². The van der Waals surface area contributed by atoms with Gasteiger partial charge in [0.05, 0.1) is 12.2 Å². The Morgan fingerprint density at radius 2 is 1.94 bits per heavy atom. The average molecular weight is 270 g/mol. The topological polar surface area (TPSA) is 59.5 Å². The van der Waals surface area contributed by atoms with E-state index in [1.807, 2.05) is 18.7 Å². The molecule has 0 saturated carbocycles. The summed E-state index contributed by atoms with van der Waals surface area (Å²) in [6.07, 6.45) is 2.97. The minimum atomic E-state index is -3.26. The van der Waals surface area contributed by atoms with Crippen LogP contribution in [0.3, 0.4) is 0 Å². The Bertz CT molecular complexity index is 520. The molecule has 0 amide bonds. The van der Waals surface area contributed by atoms with Crippen LogP contribution in [-0.2, 0) is 14.6 Å². The molecule has 1 aromatic heterocycles. The van der Waals surface area contributed by atoms with E-state index in [1.165, 1.54) is 6.26 Å². The van der Waals surface area contributed by atoms with E-state index < -0.39 is 9.84 Å². The third kappa shape index (κ3) is 2.81. The highest BCUT2D eigenvalue weighted by Gasteiger charge is 2.26. The van der Waals surface area contributed by atoms with E-state index in [9.17, 15) is 8.42 Å². The molecule has 1 fully saturated rings. The molecule has 1 aromatic rings. The van der Waals surface area contributed by atoms with Gasteiger partial charge in [-0.05, 0) is 26.0 Å². The molecule has 5 nitrogen and oxygen atoms in total. The number of rotatable bonds is 2. The fourth-order valence-corrected chi connectivity index (χ4v) is 3.10. The van der Waals surface area contributed by atoms with Gasteiger partial charge < -0.3 is 9.64 Å². The van der Waals surface area contributed by atoms with E-state index in [1.54, 1.807) is 18.3 Å². The second-order valence-corrected chi connectivity index (χ2v) is 6.74. The molecular weight excluding hydrogens is 252 g/mol. The van der Waals surface area contributed by atoms with Gasteiger partial charge in [0.2, 0.25) is 0 Å². The van der Waals surface area contributed by atoms with Gasteiger partial charge in [-0.15, -0.1) is 0 Å². The molecule has 0 N–H and O–H groups in total. The highest BCUT2D eigenvalue weighted by atomic mass is 32.2. The summed E-state index contributed by atoms with van der Waals surface area (Å²) in [5.41, 5.74) is 0. The number of hydrogen-bond acceptors (Lipinski definition) is 5. The van der Waals surface area contributed by atoms with Gasteiger partial charge in [0, 0.05) is 25.5 Å². The zero-order chi connectivity index (χ0) is 13.3. The maximum absolute atomic E-state index is 11.8. The number of pyridine rings is 1. The second kappa shape index (κ2) is 4.85. The van der Waals surface area contributed by atoms with Gasteiger partial charge in [-0.1, -0.05) is 0 Å². The molecule has 0 bridgehead atoms. The number of aromatic nitrogens is 1. The SMILES string of the molecule is CC1CN(c2ncccc2S(C)(=O)=O)CC(C)O1. The number of morpholine rings is 1. The standard InChI is InChI=1S/C12H18N2O3S/c1-9-7-14(8-10(2)17-9)12-11(18(3,15)16)5-4-6-13-12/h4-6,9-10H,7-8H2,1-3H3. The Kier molecular flexibility index (Phi) is 3.59. The molecular formula is C12H18N2O3S. The van der Waals surface area contributed by atoms with Crippen molar-refractivity contribution in [2.24, 2.45) is 0 Å². The van der Waals surface area contributed by atoms with E-state index in [4.69, 9.17) is 4.74 Å². The van der Waals surface area contributed by atoms with E-state index >= 15 is 0 Å². The van der Waals surface area contributed by atoms with E-state index in [0.29, 0.717) is 18.9 Å². The molecule has 1 saturated heterocycles. The number of anilines is 1. The quantitative estimate of drug-likeness (QED) is 0.805. The zero-order valence-electron chi connectivity index (χ0n) is 10.8. The first-order valence-electron chi connectivity index (χ1n) is 5.93. The fourth-order valence-electron chi connectivity index (χ4n) is 2.26. The number of sulfone groups is 1. The lowest BCUT2D eigenvalue weighted by atomic mass is 10.2. The predicted molar refractivity (Wildman–Crippen MR) is 69.6 cm³/mol. The Balaban J connectivity index is 2.39. The van der Waals surface area contributed by atoms with Gasteiger partial charge in [-0.3, -0.25) is 0 Å². The molecule has 6 heteroatoms. The van der Waals surface area contributed by atoms with Crippen LogP contribution in [0.2, 0.25) is 0 Å². The van der Waals surface area contributed by atoms with Crippen LogP contribution in [0.5, 0.6) is 0 Å². The van der Waals surface area contributed by atoms with Gasteiger partial charge in [-0.25, -0.2) is 13.4 Å². The third-order valence-electron chi connectivity index (χ3n) is 2.87. The van der Waals surface area contributed by atoms with Crippen LogP contribution < -0.4 is 4.90 Å². The van der Waals surface area contributed by atoms with Crippen LogP contribution in [0, 0.1) is 0 Å². The molecule has 0 radical (unpaired) electrons. The first kappa shape index (κ1) is 13.3. The maximum atomic E-state index is 11.8. The molecule has 1 aliphatic heterocycles. The summed E-state index contributed by atoms with van der Waals surface area (Å²) in [5, 5.41) is 0. The summed E-state index contributed by atoms with van der Waals surface area (Å²) >= 11 is 0. The molecule has 0 spiro atoms. The average Bonchev–Trinajstić information content (AvgIpc) is 2.26. The van der Waals surface area contributed by atoms with Crippen LogP contribution in [0.4, 0.5) is 5.82 Å². The first-order chi connectivity index (χ1) is 8.38. The summed E-state index contributed by atoms with van der Waals surface area (Å²) in [6.45, 7) is 5.27. The Morgan fingerprint density at radius 3 is 2.50 bits per heavy atom. The lowest BCUT2D eigenvalue weighted by Gasteiger charge is -2.36. The Hall–Kier alpha value is -1.14. The summed E-state index contributed by atoms with van der Waals surface area (Å²) in [5.74, 6) is 0.530. The second-order valence-electron chi connectivity index (χ2n) is 4.76. The summed E-state index contributed by atoms with van der Waals surface area (Å²) in [6, 6.07) is 3.25. The normalized spacial score (nSPS) is 25.2. The Morgan fingerprint density at radius 1 is 1.33 bits per heavy atom. The monoisotopic (exact) mass is 270 g/mol. The molecule has 2 unspecified atom stereocenters. The Labute approximate surface area is 108 Å². The van der Waals surface area contributed by atoms with Crippen molar-refractivity contribution in [2.75, 3.05) is 24.2 Å². The van der Waals surface area contributed by atoms with Gasteiger partial charge in [-0.2, -0.15) is 0 Å². The van der Waals surface area contributed by atoms with Crippen molar-refractivity contribution in [3.05, 3.63) is 18.3 Å². The zero-order valence-corrected chi connectivity index (χ0v) is 11.6. The first-order valence-corrected chi connectivity index (χ1v) is 7.82. The summed E-state index contributed by atoms with van der Waals surface area (Å²) < 4.78 is 29.2. The predicted octanol–water partition coefficient (Wildman–Crippen LogP) is 1.10. The van der Waals surface area contributed by atoms with Crippen LogP contribution in [-0.4, -0.2) is 45.0 Å². The molecule has 2 heterocycles. The number of ether oxygens (including phenoxy) is 1. The lowest BCUT2D eigenvalue weighted by molar-refractivity contribution is -0.00562. The minimum Gasteiger partial charge on any atom is -0.372 e. The molecule has 18 heavy (non-hydrogen) atoms. The smallest absolute Gasteiger partial charge is 0.179 e. The van der Waals surface area contributed by atoms with Crippen molar-refractivity contribution < 1.29 is 13.2 Å². The van der Waals surface area contributed by atoms with E-state index in [-0.39, 0.29) is 17.1 Å². The van der Waals surface area contributed by atoms with E-state index in [2.05, 4.69) is 4.98 Å².